The van der Waals surface area contributed by atoms with E-state index < -0.39 is 17.6 Å². The first-order valence-electron chi connectivity index (χ1n) is 12.1. The molecule has 3 rings (SSSR count). The van der Waals surface area contributed by atoms with Crippen molar-refractivity contribution in [3.63, 3.8) is 0 Å². The van der Waals surface area contributed by atoms with Crippen molar-refractivity contribution >= 4 is 18.1 Å². The summed E-state index contributed by atoms with van der Waals surface area (Å²) in [6.07, 6.45) is 14.2. The maximum absolute atomic E-state index is 14.8. The third kappa shape index (κ3) is 7.86. The molecule has 4 atom stereocenters. The third-order valence-electron chi connectivity index (χ3n) is 5.50. The Hall–Kier alpha value is -2.34. The third-order valence-corrected chi connectivity index (χ3v) is 6.91. The second-order valence-electron chi connectivity index (χ2n) is 8.65. The monoisotopic (exact) mass is 488 g/mol. The minimum atomic E-state index is -0.660. The van der Waals surface area contributed by atoms with Gasteiger partial charge in [0.25, 0.3) is 0 Å². The minimum absolute atomic E-state index is 0.0527. The molecule has 0 amide bonds. The zero-order chi connectivity index (χ0) is 25.1. The van der Waals surface area contributed by atoms with Crippen LogP contribution < -0.4 is 16.4 Å². The molecule has 0 saturated carbocycles. The Kier molecular flexibility index (Phi) is 11.6. The summed E-state index contributed by atoms with van der Waals surface area (Å²) in [5.41, 5.74) is 11.0. The zero-order valence-electron chi connectivity index (χ0n) is 20.7. The first-order chi connectivity index (χ1) is 16.3. The number of rotatable bonds is 10. The lowest BCUT2D eigenvalue weighted by Gasteiger charge is -2.32. The smallest absolute Gasteiger partial charge is 0.171 e. The number of nitrogens with two attached hydrogens (primary N) is 1. The Morgan fingerprint density at radius 3 is 2.76 bits per heavy atom. The van der Waals surface area contributed by atoms with E-state index in [9.17, 15) is 8.78 Å². The van der Waals surface area contributed by atoms with Crippen LogP contribution in [0.3, 0.4) is 0 Å². The van der Waals surface area contributed by atoms with Crippen molar-refractivity contribution < 1.29 is 8.78 Å². The van der Waals surface area contributed by atoms with Crippen molar-refractivity contribution in [1.29, 1.82) is 0 Å². The van der Waals surface area contributed by atoms with E-state index in [-0.39, 0.29) is 22.9 Å². The van der Waals surface area contributed by atoms with Gasteiger partial charge in [-0.3, -0.25) is 4.99 Å². The van der Waals surface area contributed by atoms with Crippen LogP contribution in [0.5, 0.6) is 0 Å². The number of aliphatic imine (C=N–C) groups is 1. The number of nitrogens with zero attached hydrogens (tertiary/aromatic N) is 1. The Morgan fingerprint density at radius 2 is 2.09 bits per heavy atom. The number of thioether (sulfide) groups is 1. The molecule has 7 heteroatoms. The van der Waals surface area contributed by atoms with Gasteiger partial charge in [0, 0.05) is 40.6 Å². The number of allylic oxidation sites excluding steroid dienone is 7. The molecule has 0 saturated heterocycles. The van der Waals surface area contributed by atoms with Crippen molar-refractivity contribution in [1.82, 2.24) is 10.6 Å². The number of fused-ring (bicyclic) bond motifs is 1. The van der Waals surface area contributed by atoms with Crippen LogP contribution in [0, 0.1) is 5.92 Å². The zero-order valence-corrected chi connectivity index (χ0v) is 21.5. The van der Waals surface area contributed by atoms with Gasteiger partial charge >= 0.3 is 0 Å². The van der Waals surface area contributed by atoms with Gasteiger partial charge in [0.05, 0.1) is 17.4 Å². The second-order valence-corrected chi connectivity index (χ2v) is 9.92. The van der Waals surface area contributed by atoms with Crippen LogP contribution in [0.4, 0.5) is 8.78 Å². The average Bonchev–Trinajstić information content (AvgIpc) is 3.19. The fraction of sp³-hybridized carbons (Fsp3) is 0.481. The molecule has 0 bridgehead atoms. The van der Waals surface area contributed by atoms with E-state index in [2.05, 4.69) is 48.7 Å². The summed E-state index contributed by atoms with van der Waals surface area (Å²) in [6, 6.07) is -0.208. The minimum Gasteiger partial charge on any atom is -0.354 e. The van der Waals surface area contributed by atoms with Crippen LogP contribution in [0.2, 0.25) is 0 Å². The highest BCUT2D eigenvalue weighted by Crippen LogP contribution is 2.40. The van der Waals surface area contributed by atoms with Crippen LogP contribution in [-0.2, 0) is 0 Å². The van der Waals surface area contributed by atoms with E-state index in [1.165, 1.54) is 36.4 Å². The van der Waals surface area contributed by atoms with Gasteiger partial charge < -0.3 is 16.4 Å². The van der Waals surface area contributed by atoms with Crippen molar-refractivity contribution in [2.75, 3.05) is 0 Å². The standard InChI is InChI=1S/C24H30F2N4S.C3H8/c1-4-5-8-18(23-19(25)9-6-7-10-20(23)26)24(15(2)27)31-16(3)30-17-11-12-21-22(13-17)29-14-28-21;1-3-2/h6-7,9,11-12,14-15,18,22,24,30H,3-5,8,13,27H2,1-2H3,(H,28,29);3H2,1-2H3. The highest BCUT2D eigenvalue weighted by molar-refractivity contribution is 8.03. The molecular weight excluding hydrogens is 450 g/mol. The van der Waals surface area contributed by atoms with Crippen LogP contribution >= 0.6 is 11.8 Å². The summed E-state index contributed by atoms with van der Waals surface area (Å²) in [4.78, 5) is 4.40. The molecular formula is C27H38F2N4S. The maximum atomic E-state index is 14.8. The molecule has 186 valence electrons. The van der Waals surface area contributed by atoms with Crippen LogP contribution in [0.15, 0.2) is 81.3 Å². The fourth-order valence-corrected chi connectivity index (χ4v) is 5.12. The fourth-order valence-electron chi connectivity index (χ4n) is 3.95. The van der Waals surface area contributed by atoms with Gasteiger partial charge in [-0.25, -0.2) is 4.39 Å². The molecule has 0 aromatic heterocycles. The molecule has 4 N–H and O–H groups in total. The molecule has 0 spiro atoms. The quantitative estimate of drug-likeness (QED) is 0.300. The molecule has 4 unspecified atom stereocenters. The van der Waals surface area contributed by atoms with Crippen molar-refractivity contribution in [3.8, 4) is 0 Å². The Bertz CT molecular complexity index is 936. The largest absolute Gasteiger partial charge is 0.354 e. The molecule has 0 radical (unpaired) electrons. The lowest BCUT2D eigenvalue weighted by molar-refractivity contribution is 0.443. The van der Waals surface area contributed by atoms with E-state index in [4.69, 9.17) is 5.73 Å². The molecule has 1 heterocycles. The molecule has 0 aromatic rings. The van der Waals surface area contributed by atoms with Gasteiger partial charge in [0.2, 0.25) is 0 Å². The van der Waals surface area contributed by atoms with Crippen LogP contribution in [-0.4, -0.2) is 23.7 Å². The lowest BCUT2D eigenvalue weighted by Crippen LogP contribution is -2.37. The van der Waals surface area contributed by atoms with Crippen molar-refractivity contribution in [2.24, 2.45) is 16.6 Å². The summed E-state index contributed by atoms with van der Waals surface area (Å²) in [7, 11) is 0. The number of unbranched alkanes of at least 4 members (excludes halogenated alkanes) is 1. The predicted molar refractivity (Wildman–Crippen MR) is 142 cm³/mol. The molecule has 34 heavy (non-hydrogen) atoms. The number of hydrogen-bond acceptors (Lipinski definition) is 5. The molecule has 0 aromatic carbocycles. The lowest BCUT2D eigenvalue weighted by atomic mass is 9.86. The van der Waals surface area contributed by atoms with Crippen molar-refractivity contribution in [2.45, 2.75) is 77.1 Å². The first-order valence-corrected chi connectivity index (χ1v) is 13.0. The van der Waals surface area contributed by atoms with E-state index >= 15 is 0 Å². The molecule has 0 fully saturated rings. The first kappa shape index (κ1) is 27.9. The van der Waals surface area contributed by atoms with E-state index in [1.54, 1.807) is 6.34 Å². The van der Waals surface area contributed by atoms with Crippen molar-refractivity contribution in [3.05, 3.63) is 76.3 Å². The van der Waals surface area contributed by atoms with Crippen LogP contribution in [0.25, 0.3) is 0 Å². The van der Waals surface area contributed by atoms with E-state index in [0.717, 1.165) is 30.7 Å². The SMILES string of the molecule is C=C(NC1=CC=C2NC=NC2C1)SC(C(C)N)C(CCCC)C1=C(F)C=CC=C=C1F.CCC. The predicted octanol–water partition coefficient (Wildman–Crippen LogP) is 6.69. The number of halogens is 2. The Balaban J connectivity index is 0.00000129. The molecule has 2 aliphatic carbocycles. The van der Waals surface area contributed by atoms with Crippen LogP contribution in [0.1, 0.15) is 59.8 Å². The highest BCUT2D eigenvalue weighted by atomic mass is 32.2. The van der Waals surface area contributed by atoms with E-state index in [0.29, 0.717) is 11.4 Å². The maximum Gasteiger partial charge on any atom is 0.171 e. The van der Waals surface area contributed by atoms with Gasteiger partial charge in [-0.15, -0.1) is 11.8 Å². The van der Waals surface area contributed by atoms with Gasteiger partial charge in [-0.2, -0.15) is 4.39 Å². The van der Waals surface area contributed by atoms with Gasteiger partial charge in [0.15, 0.2) is 5.83 Å². The normalized spacial score (nSPS) is 21.1. The van der Waals surface area contributed by atoms with E-state index in [1.807, 2.05) is 19.1 Å². The summed E-state index contributed by atoms with van der Waals surface area (Å²) < 4.78 is 29.7. The summed E-state index contributed by atoms with van der Waals surface area (Å²) in [6.45, 7) is 12.3. The number of hydrogen-bond donors (Lipinski definition) is 3. The second kappa shape index (κ2) is 14.1. The topological polar surface area (TPSA) is 62.4 Å². The summed E-state index contributed by atoms with van der Waals surface area (Å²) >= 11 is 1.45. The van der Waals surface area contributed by atoms with Gasteiger partial charge in [-0.05, 0) is 37.6 Å². The number of nitrogens with one attached hydrogen (secondary N) is 2. The highest BCUT2D eigenvalue weighted by Gasteiger charge is 2.33. The molecule has 4 nitrogen and oxygen atoms in total. The van der Waals surface area contributed by atoms with Gasteiger partial charge in [-0.1, -0.05) is 58.4 Å². The Labute approximate surface area is 207 Å². The Morgan fingerprint density at radius 1 is 1.35 bits per heavy atom. The molecule has 1 aliphatic heterocycles. The summed E-state index contributed by atoms with van der Waals surface area (Å²) in [5, 5.41) is 6.92. The average molecular weight is 489 g/mol. The summed E-state index contributed by atoms with van der Waals surface area (Å²) in [5.74, 6) is -1.63. The van der Waals surface area contributed by atoms with Gasteiger partial charge in [0.1, 0.15) is 5.83 Å². The molecule has 3 aliphatic rings.